The molecule has 0 fully saturated rings. The Morgan fingerprint density at radius 3 is 2.18 bits per heavy atom. The number of hydrogen-bond acceptors (Lipinski definition) is 2. The van der Waals surface area contributed by atoms with Crippen molar-refractivity contribution in [3.63, 3.8) is 0 Å². The number of hydrogen-bond donors (Lipinski definition) is 2. The predicted molar refractivity (Wildman–Crippen MR) is 47.8 cm³/mol. The van der Waals surface area contributed by atoms with Crippen molar-refractivity contribution in [2.24, 2.45) is 0 Å². The number of allylic oxidation sites excluding steroid dienone is 6. The molecule has 0 saturated carbocycles. The lowest BCUT2D eigenvalue weighted by Crippen LogP contribution is -2.13. The maximum Gasteiger partial charge on any atom is 0.488 e. The lowest BCUT2D eigenvalue weighted by atomic mass is 9.79. The first-order valence-electron chi connectivity index (χ1n) is 3.20. The summed E-state index contributed by atoms with van der Waals surface area (Å²) in [6, 6.07) is 0. The van der Waals surface area contributed by atoms with Crippen LogP contribution in [0, 0.1) is 0 Å². The molecule has 0 bridgehead atoms. The molecule has 0 heterocycles. The molecule has 0 radical (unpaired) electrons. The second kappa shape index (κ2) is 5.71. The second-order valence-corrected chi connectivity index (χ2v) is 1.87. The molecule has 0 aromatic heterocycles. The van der Waals surface area contributed by atoms with Gasteiger partial charge in [-0.15, -0.1) is 0 Å². The van der Waals surface area contributed by atoms with Crippen molar-refractivity contribution in [1.82, 2.24) is 0 Å². The molecule has 0 atom stereocenters. The lowest BCUT2D eigenvalue weighted by molar-refractivity contribution is 0.420. The van der Waals surface area contributed by atoms with Crippen LogP contribution in [-0.2, 0) is 0 Å². The molecule has 2 N–H and O–H groups in total. The highest BCUT2D eigenvalue weighted by Crippen LogP contribution is 1.97. The van der Waals surface area contributed by atoms with Crippen LogP contribution in [0.1, 0.15) is 0 Å². The minimum absolute atomic E-state index is 0.364. The fraction of sp³-hybridized carbons (Fsp3) is 0. The largest absolute Gasteiger partial charge is 0.488 e. The van der Waals surface area contributed by atoms with Gasteiger partial charge in [-0.3, -0.25) is 0 Å². The molecule has 0 aromatic carbocycles. The first-order chi connectivity index (χ1) is 5.22. The average Bonchev–Trinajstić information content (AvgIpc) is 1.97. The first kappa shape index (κ1) is 9.94. The summed E-state index contributed by atoms with van der Waals surface area (Å²) in [6.07, 6.45) is 7.88. The molecule has 0 aliphatic heterocycles. The summed E-state index contributed by atoms with van der Waals surface area (Å²) in [7, 11) is -1.46. The van der Waals surface area contributed by atoms with E-state index in [2.05, 4.69) is 13.2 Å². The molecule has 58 valence electrons. The summed E-state index contributed by atoms with van der Waals surface area (Å²) in [5, 5.41) is 17.3. The van der Waals surface area contributed by atoms with Gasteiger partial charge in [-0.1, -0.05) is 43.5 Å². The first-order valence-corrected chi connectivity index (χ1v) is 3.20. The van der Waals surface area contributed by atoms with Gasteiger partial charge < -0.3 is 10.0 Å². The van der Waals surface area contributed by atoms with Crippen LogP contribution in [-0.4, -0.2) is 17.2 Å². The van der Waals surface area contributed by atoms with Crippen LogP contribution in [0.15, 0.2) is 49.0 Å². The summed E-state index contributed by atoms with van der Waals surface area (Å²) in [5.41, 5.74) is 0.364. The van der Waals surface area contributed by atoms with Crippen molar-refractivity contribution < 1.29 is 10.0 Å². The minimum Gasteiger partial charge on any atom is -0.423 e. The van der Waals surface area contributed by atoms with Crippen molar-refractivity contribution in [3.8, 4) is 0 Å². The van der Waals surface area contributed by atoms with Gasteiger partial charge in [0.25, 0.3) is 0 Å². The highest BCUT2D eigenvalue weighted by Gasteiger charge is 2.08. The fourth-order valence-electron chi connectivity index (χ4n) is 0.505. The Hall–Kier alpha value is -1.06. The monoisotopic (exact) mass is 150 g/mol. The number of rotatable bonds is 4. The second-order valence-electron chi connectivity index (χ2n) is 1.87. The van der Waals surface area contributed by atoms with Crippen LogP contribution in [0.4, 0.5) is 0 Å². The Morgan fingerprint density at radius 2 is 1.82 bits per heavy atom. The van der Waals surface area contributed by atoms with Gasteiger partial charge in [0.05, 0.1) is 0 Å². The zero-order valence-electron chi connectivity index (χ0n) is 6.27. The van der Waals surface area contributed by atoms with E-state index in [1.165, 1.54) is 6.08 Å². The fourth-order valence-corrected chi connectivity index (χ4v) is 0.505. The quantitative estimate of drug-likeness (QED) is 0.460. The highest BCUT2D eigenvalue weighted by molar-refractivity contribution is 6.51. The van der Waals surface area contributed by atoms with Crippen LogP contribution < -0.4 is 0 Å². The van der Waals surface area contributed by atoms with E-state index < -0.39 is 7.12 Å². The molecule has 0 amide bonds. The van der Waals surface area contributed by atoms with Crippen LogP contribution >= 0.6 is 0 Å². The van der Waals surface area contributed by atoms with Crippen LogP contribution in [0.2, 0.25) is 0 Å². The Balaban J connectivity index is 4.23. The van der Waals surface area contributed by atoms with Gasteiger partial charge in [-0.25, -0.2) is 0 Å². The van der Waals surface area contributed by atoms with Gasteiger partial charge in [-0.2, -0.15) is 0 Å². The molecule has 11 heavy (non-hydrogen) atoms. The van der Waals surface area contributed by atoms with Crippen molar-refractivity contribution in [2.75, 3.05) is 0 Å². The normalized spacial score (nSPS) is 11.6. The average molecular weight is 150 g/mol. The molecule has 0 rings (SSSR count). The SMILES string of the molecule is C=C/C=C\C=C(/C=C)B(O)O. The summed E-state index contributed by atoms with van der Waals surface area (Å²) < 4.78 is 0. The summed E-state index contributed by atoms with van der Waals surface area (Å²) >= 11 is 0. The van der Waals surface area contributed by atoms with E-state index in [0.717, 1.165) is 0 Å². The third-order valence-corrected chi connectivity index (χ3v) is 1.07. The molecular weight excluding hydrogens is 139 g/mol. The van der Waals surface area contributed by atoms with Crippen LogP contribution in [0.25, 0.3) is 0 Å². The van der Waals surface area contributed by atoms with Gasteiger partial charge in [-0.05, 0) is 5.47 Å². The van der Waals surface area contributed by atoms with E-state index in [1.807, 2.05) is 0 Å². The molecule has 0 saturated heterocycles. The van der Waals surface area contributed by atoms with Crippen molar-refractivity contribution in [1.29, 1.82) is 0 Å². The van der Waals surface area contributed by atoms with E-state index in [9.17, 15) is 0 Å². The Bertz CT molecular complexity index is 192. The summed E-state index contributed by atoms with van der Waals surface area (Å²) in [5.74, 6) is 0. The van der Waals surface area contributed by atoms with Crippen molar-refractivity contribution in [3.05, 3.63) is 49.0 Å². The van der Waals surface area contributed by atoms with E-state index in [-0.39, 0.29) is 0 Å². The minimum atomic E-state index is -1.46. The van der Waals surface area contributed by atoms with Crippen molar-refractivity contribution >= 4 is 7.12 Å². The molecular formula is C8H11BO2. The molecule has 3 heteroatoms. The molecule has 0 aromatic rings. The third kappa shape index (κ3) is 4.36. The third-order valence-electron chi connectivity index (χ3n) is 1.07. The van der Waals surface area contributed by atoms with Gasteiger partial charge >= 0.3 is 7.12 Å². The zero-order chi connectivity index (χ0) is 8.69. The van der Waals surface area contributed by atoms with E-state index in [0.29, 0.717) is 5.47 Å². The van der Waals surface area contributed by atoms with Gasteiger partial charge in [0.2, 0.25) is 0 Å². The zero-order valence-corrected chi connectivity index (χ0v) is 6.27. The Morgan fingerprint density at radius 1 is 1.18 bits per heavy atom. The molecule has 0 spiro atoms. The van der Waals surface area contributed by atoms with E-state index in [1.54, 1.807) is 24.3 Å². The Labute approximate surface area is 67.0 Å². The maximum absolute atomic E-state index is 8.67. The molecule has 0 aliphatic carbocycles. The van der Waals surface area contributed by atoms with Gasteiger partial charge in [0, 0.05) is 0 Å². The topological polar surface area (TPSA) is 40.5 Å². The van der Waals surface area contributed by atoms with E-state index >= 15 is 0 Å². The van der Waals surface area contributed by atoms with Crippen LogP contribution in [0.3, 0.4) is 0 Å². The highest BCUT2D eigenvalue weighted by atomic mass is 16.4. The molecule has 2 nitrogen and oxygen atoms in total. The van der Waals surface area contributed by atoms with Gasteiger partial charge in [0.1, 0.15) is 0 Å². The lowest BCUT2D eigenvalue weighted by Gasteiger charge is -1.95. The van der Waals surface area contributed by atoms with E-state index in [4.69, 9.17) is 10.0 Å². The Kier molecular flexibility index (Phi) is 5.16. The maximum atomic E-state index is 8.67. The smallest absolute Gasteiger partial charge is 0.423 e. The molecule has 0 aliphatic rings. The van der Waals surface area contributed by atoms with Gasteiger partial charge in [0.15, 0.2) is 0 Å². The predicted octanol–water partition coefficient (Wildman–Crippen LogP) is 0.853. The van der Waals surface area contributed by atoms with Crippen LogP contribution in [0.5, 0.6) is 0 Å². The summed E-state index contributed by atoms with van der Waals surface area (Å²) in [6.45, 7) is 6.87. The summed E-state index contributed by atoms with van der Waals surface area (Å²) in [4.78, 5) is 0. The molecule has 0 unspecified atom stereocenters. The standard InChI is InChI=1S/C8H11BO2/c1-3-5-6-7-8(4-2)9(10)11/h3-7,10-11H,1-2H2/b6-5-,8-7+. The van der Waals surface area contributed by atoms with Crippen molar-refractivity contribution in [2.45, 2.75) is 0 Å².